The van der Waals surface area contributed by atoms with Crippen LogP contribution in [0.1, 0.15) is 46.1 Å². The van der Waals surface area contributed by atoms with Crippen molar-refractivity contribution < 1.29 is 9.57 Å². The van der Waals surface area contributed by atoms with E-state index in [0.29, 0.717) is 6.61 Å². The molecule has 0 aliphatic carbocycles. The monoisotopic (exact) mass is 275 g/mol. The van der Waals surface area contributed by atoms with Crippen LogP contribution in [-0.4, -0.2) is 24.9 Å². The number of benzene rings is 1. The highest BCUT2D eigenvalue weighted by Crippen LogP contribution is 2.40. The summed E-state index contributed by atoms with van der Waals surface area (Å²) in [5.41, 5.74) is 2.76. The van der Waals surface area contributed by atoms with Crippen LogP contribution in [0, 0.1) is 0 Å². The molecule has 1 aromatic rings. The lowest BCUT2D eigenvalue weighted by atomic mass is 9.87. The Balaban J connectivity index is 1.86. The van der Waals surface area contributed by atoms with E-state index in [0.717, 1.165) is 25.1 Å². The van der Waals surface area contributed by atoms with Gasteiger partial charge in [-0.15, -0.1) is 0 Å². The van der Waals surface area contributed by atoms with E-state index in [1.54, 1.807) is 0 Å². The van der Waals surface area contributed by atoms with E-state index >= 15 is 0 Å². The van der Waals surface area contributed by atoms with Gasteiger partial charge in [-0.3, -0.25) is 4.84 Å². The Bertz CT molecular complexity index is 477. The topological polar surface area (TPSA) is 21.7 Å². The molecule has 0 aromatic heterocycles. The Kier molecular flexibility index (Phi) is 3.30. The molecule has 0 amide bonds. The van der Waals surface area contributed by atoms with Crippen LogP contribution in [0.3, 0.4) is 0 Å². The Hall–Kier alpha value is -1.06. The molecule has 2 atom stereocenters. The summed E-state index contributed by atoms with van der Waals surface area (Å²) in [6.07, 6.45) is 2.27. The summed E-state index contributed by atoms with van der Waals surface area (Å²) in [6.45, 7) is 10.5. The van der Waals surface area contributed by atoms with Crippen molar-refractivity contribution in [3.8, 4) is 0 Å². The van der Waals surface area contributed by atoms with Crippen LogP contribution >= 0.6 is 0 Å². The zero-order chi connectivity index (χ0) is 14.4. The predicted molar refractivity (Wildman–Crippen MR) is 81.0 cm³/mol. The molecule has 0 N–H and O–H groups in total. The summed E-state index contributed by atoms with van der Waals surface area (Å²) in [6, 6.07) is 8.80. The molecule has 3 nitrogen and oxygen atoms in total. The fourth-order valence-corrected chi connectivity index (χ4v) is 3.16. The molecule has 2 bridgehead atoms. The van der Waals surface area contributed by atoms with E-state index in [9.17, 15) is 0 Å². The number of nitrogens with zero attached hydrogens (tertiary/aromatic N) is 1. The number of fused-ring (bicyclic) bond motifs is 2. The summed E-state index contributed by atoms with van der Waals surface area (Å²) >= 11 is 0. The molecule has 2 fully saturated rings. The smallest absolute Gasteiger partial charge is 0.111 e. The standard InChI is InChI=1S/C17H25NO2/c1-16(2,3)13-5-7-14(8-6-13)18-17(4)9-10-19-12-15(11-17)20-18/h5-8,15H,9-12H2,1-4H3/t15-,17?/m1/s1. The minimum atomic E-state index is 0.0599. The van der Waals surface area contributed by atoms with Crippen molar-refractivity contribution in [1.29, 1.82) is 0 Å². The zero-order valence-electron chi connectivity index (χ0n) is 13.0. The van der Waals surface area contributed by atoms with Crippen molar-refractivity contribution in [2.75, 3.05) is 18.3 Å². The number of hydrogen-bond donors (Lipinski definition) is 0. The first-order valence-corrected chi connectivity index (χ1v) is 7.54. The van der Waals surface area contributed by atoms with Gasteiger partial charge in [0.25, 0.3) is 0 Å². The fraction of sp³-hybridized carbons (Fsp3) is 0.647. The Morgan fingerprint density at radius 3 is 2.55 bits per heavy atom. The Labute approximate surface area is 121 Å². The molecule has 2 aliphatic heterocycles. The van der Waals surface area contributed by atoms with Crippen LogP contribution in [0.15, 0.2) is 24.3 Å². The van der Waals surface area contributed by atoms with Crippen LogP contribution in [0.5, 0.6) is 0 Å². The molecule has 2 saturated heterocycles. The molecule has 0 radical (unpaired) electrons. The highest BCUT2D eigenvalue weighted by molar-refractivity contribution is 5.49. The molecule has 0 spiro atoms. The van der Waals surface area contributed by atoms with Gasteiger partial charge >= 0.3 is 0 Å². The lowest BCUT2D eigenvalue weighted by molar-refractivity contribution is -0.0121. The molecule has 2 aliphatic rings. The van der Waals surface area contributed by atoms with Crippen molar-refractivity contribution in [3.63, 3.8) is 0 Å². The summed E-state index contributed by atoms with van der Waals surface area (Å²) < 4.78 is 5.59. The molecule has 0 saturated carbocycles. The SMILES string of the molecule is CC(C)(C)c1ccc(N2O[C@H]3COCCC2(C)C3)cc1. The van der Waals surface area contributed by atoms with Crippen LogP contribution < -0.4 is 5.06 Å². The molecule has 1 unspecified atom stereocenters. The Morgan fingerprint density at radius 2 is 1.90 bits per heavy atom. The average Bonchev–Trinajstić information content (AvgIpc) is 2.57. The van der Waals surface area contributed by atoms with Gasteiger partial charge in [0, 0.05) is 13.0 Å². The van der Waals surface area contributed by atoms with Crippen molar-refractivity contribution in [1.82, 2.24) is 0 Å². The van der Waals surface area contributed by atoms with Gasteiger partial charge < -0.3 is 4.74 Å². The van der Waals surface area contributed by atoms with Crippen molar-refractivity contribution in [2.45, 2.75) is 57.6 Å². The second-order valence-corrected chi connectivity index (χ2v) is 7.34. The highest BCUT2D eigenvalue weighted by atomic mass is 16.7. The van der Waals surface area contributed by atoms with E-state index in [1.807, 2.05) is 0 Å². The van der Waals surface area contributed by atoms with Crippen molar-refractivity contribution in [3.05, 3.63) is 29.8 Å². The first kappa shape index (κ1) is 13.9. The van der Waals surface area contributed by atoms with Crippen LogP contribution in [0.4, 0.5) is 5.69 Å². The molecule has 3 heteroatoms. The van der Waals surface area contributed by atoms with E-state index in [1.165, 1.54) is 5.56 Å². The molecular formula is C17H25NO2. The number of rotatable bonds is 1. The van der Waals surface area contributed by atoms with Gasteiger partial charge in [-0.05, 0) is 36.5 Å². The van der Waals surface area contributed by atoms with Gasteiger partial charge in [0.15, 0.2) is 0 Å². The Morgan fingerprint density at radius 1 is 1.20 bits per heavy atom. The minimum Gasteiger partial charge on any atom is -0.379 e. The summed E-state index contributed by atoms with van der Waals surface area (Å²) in [4.78, 5) is 6.09. The number of anilines is 1. The van der Waals surface area contributed by atoms with Crippen molar-refractivity contribution >= 4 is 5.69 Å². The van der Waals surface area contributed by atoms with Gasteiger partial charge in [0.1, 0.15) is 6.10 Å². The number of hydroxylamine groups is 1. The quantitative estimate of drug-likeness (QED) is 0.780. The van der Waals surface area contributed by atoms with Gasteiger partial charge in [0.2, 0.25) is 0 Å². The first-order valence-electron chi connectivity index (χ1n) is 7.54. The average molecular weight is 275 g/mol. The molecule has 20 heavy (non-hydrogen) atoms. The van der Waals surface area contributed by atoms with Crippen LogP contribution in [0.2, 0.25) is 0 Å². The maximum absolute atomic E-state index is 6.09. The van der Waals surface area contributed by atoms with E-state index in [4.69, 9.17) is 9.57 Å². The third-order valence-corrected chi connectivity index (χ3v) is 4.47. The van der Waals surface area contributed by atoms with E-state index in [2.05, 4.69) is 57.0 Å². The van der Waals surface area contributed by atoms with E-state index in [-0.39, 0.29) is 17.1 Å². The third-order valence-electron chi connectivity index (χ3n) is 4.47. The third kappa shape index (κ3) is 2.45. The lowest BCUT2D eigenvalue weighted by Crippen LogP contribution is -2.41. The maximum Gasteiger partial charge on any atom is 0.111 e. The minimum absolute atomic E-state index is 0.0599. The van der Waals surface area contributed by atoms with Crippen molar-refractivity contribution in [2.24, 2.45) is 0 Å². The molecule has 2 heterocycles. The summed E-state index contributed by atoms with van der Waals surface area (Å²) in [7, 11) is 0. The molecular weight excluding hydrogens is 250 g/mol. The second kappa shape index (κ2) is 4.74. The molecule has 1 aromatic carbocycles. The van der Waals surface area contributed by atoms with Gasteiger partial charge in [-0.2, -0.15) is 0 Å². The highest BCUT2D eigenvalue weighted by Gasteiger charge is 2.45. The van der Waals surface area contributed by atoms with Crippen LogP contribution in [0.25, 0.3) is 0 Å². The lowest BCUT2D eigenvalue weighted by Gasteiger charge is -2.35. The van der Waals surface area contributed by atoms with Gasteiger partial charge in [-0.25, -0.2) is 5.06 Å². The van der Waals surface area contributed by atoms with Gasteiger partial charge in [0.05, 0.1) is 17.8 Å². The normalized spacial score (nSPS) is 30.4. The second-order valence-electron chi connectivity index (χ2n) is 7.34. The fourth-order valence-electron chi connectivity index (χ4n) is 3.16. The first-order chi connectivity index (χ1) is 9.38. The van der Waals surface area contributed by atoms with Crippen LogP contribution in [-0.2, 0) is 15.0 Å². The molecule has 3 rings (SSSR count). The zero-order valence-corrected chi connectivity index (χ0v) is 13.0. The largest absolute Gasteiger partial charge is 0.379 e. The summed E-state index contributed by atoms with van der Waals surface area (Å²) in [5, 5.41) is 2.12. The van der Waals surface area contributed by atoms with E-state index < -0.39 is 0 Å². The molecule has 110 valence electrons. The summed E-state index contributed by atoms with van der Waals surface area (Å²) in [5.74, 6) is 0. The number of hydrogen-bond acceptors (Lipinski definition) is 3. The predicted octanol–water partition coefficient (Wildman–Crippen LogP) is 3.67. The van der Waals surface area contributed by atoms with Gasteiger partial charge in [-0.1, -0.05) is 32.9 Å². The number of ether oxygens (including phenoxy) is 1. The maximum atomic E-state index is 6.09.